The van der Waals surface area contributed by atoms with E-state index in [1.165, 1.54) is 0 Å². The molecule has 0 heterocycles. The maximum atomic E-state index is 13.2. The Morgan fingerprint density at radius 3 is 1.63 bits per heavy atom. The first-order valence-corrected chi connectivity index (χ1v) is 4.07. The molecule has 0 saturated heterocycles. The van der Waals surface area contributed by atoms with Crippen molar-refractivity contribution in [2.45, 2.75) is 18.1 Å². The standard InChI is InChI=1S/C7H4F10O2/c8-1-5(13,14)7(17,18-4(12)3(10)11)19-6(15,16)2-9/h1-2H2. The van der Waals surface area contributed by atoms with Gasteiger partial charge in [0.15, 0.2) is 13.3 Å². The number of hydrogen-bond acceptors (Lipinski definition) is 2. The van der Waals surface area contributed by atoms with Gasteiger partial charge in [-0.2, -0.15) is 35.1 Å². The number of hydrogen-bond donors (Lipinski definition) is 0. The van der Waals surface area contributed by atoms with Gasteiger partial charge >= 0.3 is 30.2 Å². The van der Waals surface area contributed by atoms with Crippen LogP contribution in [0, 0.1) is 0 Å². The van der Waals surface area contributed by atoms with E-state index in [-0.39, 0.29) is 0 Å². The minimum absolute atomic E-state index is 2.46. The van der Waals surface area contributed by atoms with E-state index in [0.29, 0.717) is 0 Å². The second-order valence-electron chi connectivity index (χ2n) is 2.88. The minimum Gasteiger partial charge on any atom is -0.401 e. The molecule has 0 bridgehead atoms. The SMILES string of the molecule is FCC(F)(F)OC(F)(OC(F)=C(F)F)C(F)(F)CF. The molecule has 0 aliphatic heterocycles. The highest BCUT2D eigenvalue weighted by molar-refractivity contribution is 4.88. The third-order valence-electron chi connectivity index (χ3n) is 1.41. The van der Waals surface area contributed by atoms with Crippen molar-refractivity contribution in [3.63, 3.8) is 0 Å². The van der Waals surface area contributed by atoms with Crippen molar-refractivity contribution in [3.05, 3.63) is 12.1 Å². The van der Waals surface area contributed by atoms with E-state index in [2.05, 4.69) is 9.47 Å². The molecule has 19 heavy (non-hydrogen) atoms. The van der Waals surface area contributed by atoms with Crippen LogP contribution in [-0.2, 0) is 9.47 Å². The number of rotatable bonds is 7. The van der Waals surface area contributed by atoms with Gasteiger partial charge in [0.1, 0.15) is 0 Å². The van der Waals surface area contributed by atoms with Crippen LogP contribution in [0.1, 0.15) is 0 Å². The molecule has 0 N–H and O–H groups in total. The predicted octanol–water partition coefficient (Wildman–Crippen LogP) is 3.85. The monoisotopic (exact) mass is 310 g/mol. The summed E-state index contributed by atoms with van der Waals surface area (Å²) in [7, 11) is 0. The molecule has 0 aromatic carbocycles. The molecule has 114 valence electrons. The largest absolute Gasteiger partial charge is 0.438 e. The predicted molar refractivity (Wildman–Crippen MR) is 38.2 cm³/mol. The van der Waals surface area contributed by atoms with Crippen molar-refractivity contribution in [1.82, 2.24) is 0 Å². The first-order chi connectivity index (χ1) is 8.41. The van der Waals surface area contributed by atoms with Crippen molar-refractivity contribution in [2.24, 2.45) is 0 Å². The van der Waals surface area contributed by atoms with Gasteiger partial charge in [-0.05, 0) is 0 Å². The summed E-state index contributed by atoms with van der Waals surface area (Å²) >= 11 is 0. The lowest BCUT2D eigenvalue weighted by Gasteiger charge is -2.32. The van der Waals surface area contributed by atoms with Gasteiger partial charge < -0.3 is 4.74 Å². The van der Waals surface area contributed by atoms with Crippen molar-refractivity contribution in [3.8, 4) is 0 Å². The Bertz CT molecular complexity index is 339. The van der Waals surface area contributed by atoms with Gasteiger partial charge in [0, 0.05) is 0 Å². The lowest BCUT2D eigenvalue weighted by molar-refractivity contribution is -0.466. The first-order valence-electron chi connectivity index (χ1n) is 4.07. The van der Waals surface area contributed by atoms with Gasteiger partial charge in [0.25, 0.3) is 0 Å². The Morgan fingerprint density at radius 2 is 1.32 bits per heavy atom. The van der Waals surface area contributed by atoms with E-state index < -0.39 is 43.5 Å². The van der Waals surface area contributed by atoms with Crippen LogP contribution in [0.5, 0.6) is 0 Å². The quantitative estimate of drug-likeness (QED) is 0.404. The molecule has 12 heteroatoms. The Balaban J connectivity index is 5.44. The fraction of sp³-hybridized carbons (Fsp3) is 0.714. The van der Waals surface area contributed by atoms with E-state index in [9.17, 15) is 43.9 Å². The number of alkyl halides is 7. The number of ether oxygens (including phenoxy) is 2. The molecule has 0 aromatic rings. The second-order valence-corrected chi connectivity index (χ2v) is 2.88. The average molecular weight is 310 g/mol. The fourth-order valence-corrected chi connectivity index (χ4v) is 0.623. The molecule has 0 radical (unpaired) electrons. The second kappa shape index (κ2) is 5.84. The summed E-state index contributed by atoms with van der Waals surface area (Å²) in [5.74, 6) is -5.61. The zero-order valence-corrected chi connectivity index (χ0v) is 8.51. The van der Waals surface area contributed by atoms with Gasteiger partial charge in [-0.3, -0.25) is 0 Å². The molecule has 1 unspecified atom stereocenters. The van der Waals surface area contributed by atoms with E-state index in [1.54, 1.807) is 0 Å². The average Bonchev–Trinajstić information content (AvgIpc) is 2.27. The first kappa shape index (κ1) is 17.8. The van der Waals surface area contributed by atoms with Gasteiger partial charge in [0.2, 0.25) is 0 Å². The van der Waals surface area contributed by atoms with Crippen molar-refractivity contribution < 1.29 is 53.4 Å². The smallest absolute Gasteiger partial charge is 0.401 e. The summed E-state index contributed by atoms with van der Waals surface area (Å²) in [4.78, 5) is 0. The highest BCUT2D eigenvalue weighted by atomic mass is 19.3. The molecule has 0 rings (SSSR count). The van der Waals surface area contributed by atoms with Crippen LogP contribution in [0.2, 0.25) is 0 Å². The van der Waals surface area contributed by atoms with E-state index >= 15 is 0 Å². The summed E-state index contributed by atoms with van der Waals surface area (Å²) in [5, 5.41) is 0. The molecular formula is C7H4F10O2. The van der Waals surface area contributed by atoms with Crippen LogP contribution in [0.3, 0.4) is 0 Å². The lowest BCUT2D eigenvalue weighted by Crippen LogP contribution is -2.53. The molecule has 0 saturated carbocycles. The highest BCUT2D eigenvalue weighted by Crippen LogP contribution is 2.41. The normalized spacial score (nSPS) is 15.9. The third-order valence-corrected chi connectivity index (χ3v) is 1.41. The molecule has 0 fully saturated rings. The maximum absolute atomic E-state index is 13.2. The van der Waals surface area contributed by atoms with Gasteiger partial charge in [-0.15, -0.1) is 0 Å². The van der Waals surface area contributed by atoms with Crippen LogP contribution in [0.25, 0.3) is 0 Å². The van der Waals surface area contributed by atoms with Crippen LogP contribution in [0.15, 0.2) is 12.1 Å². The molecular weight excluding hydrogens is 306 g/mol. The summed E-state index contributed by atoms with van der Waals surface area (Å²) in [6.45, 7) is -5.96. The summed E-state index contributed by atoms with van der Waals surface area (Å²) < 4.78 is 126. The number of halogens is 10. The zero-order valence-electron chi connectivity index (χ0n) is 8.51. The van der Waals surface area contributed by atoms with E-state index in [0.717, 1.165) is 0 Å². The van der Waals surface area contributed by atoms with Crippen molar-refractivity contribution in [2.75, 3.05) is 13.3 Å². The van der Waals surface area contributed by atoms with Crippen LogP contribution in [0.4, 0.5) is 43.9 Å². The third kappa shape index (κ3) is 4.44. The molecule has 0 aliphatic carbocycles. The molecule has 0 spiro atoms. The Labute approximate surface area is 98.1 Å². The van der Waals surface area contributed by atoms with Crippen molar-refractivity contribution in [1.29, 1.82) is 0 Å². The minimum atomic E-state index is -5.68. The molecule has 1 atom stereocenters. The highest BCUT2D eigenvalue weighted by Gasteiger charge is 2.65. The lowest BCUT2D eigenvalue weighted by atomic mass is 10.3. The van der Waals surface area contributed by atoms with Crippen LogP contribution in [-0.4, -0.2) is 31.4 Å². The molecule has 0 aromatic heterocycles. The summed E-state index contributed by atoms with van der Waals surface area (Å²) in [5.41, 5.74) is 0. The Hall–Kier alpha value is -1.20. The molecule has 0 aliphatic rings. The van der Waals surface area contributed by atoms with Crippen molar-refractivity contribution >= 4 is 0 Å². The van der Waals surface area contributed by atoms with Crippen LogP contribution >= 0.6 is 0 Å². The van der Waals surface area contributed by atoms with E-state index in [4.69, 9.17) is 0 Å². The van der Waals surface area contributed by atoms with Gasteiger partial charge in [-0.1, -0.05) is 0 Å². The van der Waals surface area contributed by atoms with E-state index in [1.807, 2.05) is 0 Å². The molecule has 2 nitrogen and oxygen atoms in total. The topological polar surface area (TPSA) is 18.5 Å². The summed E-state index contributed by atoms with van der Waals surface area (Å²) in [6, 6.07) is -9.03. The maximum Gasteiger partial charge on any atom is 0.438 e. The van der Waals surface area contributed by atoms with Crippen LogP contribution < -0.4 is 0 Å². The van der Waals surface area contributed by atoms with Gasteiger partial charge in [0.05, 0.1) is 0 Å². The summed E-state index contributed by atoms with van der Waals surface area (Å²) in [6.07, 6.45) is -8.80. The Morgan fingerprint density at radius 1 is 0.842 bits per heavy atom. The van der Waals surface area contributed by atoms with Gasteiger partial charge in [-0.25, -0.2) is 13.5 Å². The zero-order chi connectivity index (χ0) is 15.5. The fourth-order valence-electron chi connectivity index (χ4n) is 0.623. The Kier molecular flexibility index (Phi) is 5.47. The molecule has 0 amide bonds.